The number of nitrogens with zero attached hydrogens (tertiary/aromatic N) is 4. The molecule has 2 N–H and O–H groups in total. The van der Waals surface area contributed by atoms with Crippen LogP contribution in [0.15, 0.2) is 69.3 Å². The van der Waals surface area contributed by atoms with Crippen molar-refractivity contribution in [2.24, 2.45) is 0 Å². The quantitative estimate of drug-likeness (QED) is 0.133. The lowest BCUT2D eigenvalue weighted by atomic mass is 10.0. The van der Waals surface area contributed by atoms with Crippen LogP contribution >= 0.6 is 69.4 Å². The summed E-state index contributed by atoms with van der Waals surface area (Å²) < 4.78 is 1.28. The minimum atomic E-state index is -0.267. The largest absolute Gasteiger partial charge is 0.300 e. The van der Waals surface area contributed by atoms with Gasteiger partial charge in [0, 0.05) is 11.3 Å². The van der Waals surface area contributed by atoms with Gasteiger partial charge in [0.05, 0.1) is 15.8 Å². The molecule has 192 valence electrons. The van der Waals surface area contributed by atoms with Gasteiger partial charge in [-0.3, -0.25) is 20.2 Å². The van der Waals surface area contributed by atoms with Gasteiger partial charge in [-0.05, 0) is 34.5 Å². The minimum Gasteiger partial charge on any atom is -0.300 e. The average molecular weight is 620 g/mol. The molecule has 0 spiro atoms. The fourth-order valence-corrected chi connectivity index (χ4v) is 6.86. The van der Waals surface area contributed by atoms with Crippen molar-refractivity contribution in [1.29, 1.82) is 0 Å². The van der Waals surface area contributed by atoms with Crippen LogP contribution in [0.3, 0.4) is 0 Å². The zero-order valence-electron chi connectivity index (χ0n) is 19.2. The number of aromatic nitrogens is 4. The smallest absolute Gasteiger partial charge is 0.258 e. The number of benzene rings is 3. The second-order valence-corrected chi connectivity index (χ2v) is 12.8. The highest BCUT2D eigenvalue weighted by molar-refractivity contribution is 8.01. The lowest BCUT2D eigenvalue weighted by molar-refractivity contribution is -0.113. The van der Waals surface area contributed by atoms with Crippen LogP contribution in [0, 0.1) is 0 Å². The SMILES string of the molecule is O=C(CSc1nnc(NC(=O)c2cccc3ccccc23)s1)Nc1nnc(SCc2ccc(Cl)c(Cl)c2)s1. The predicted octanol–water partition coefficient (Wildman–Crippen LogP) is 7.13. The van der Waals surface area contributed by atoms with Crippen LogP contribution in [0.1, 0.15) is 15.9 Å². The number of nitrogens with one attached hydrogen (secondary N) is 2. The van der Waals surface area contributed by atoms with Gasteiger partial charge in [0.15, 0.2) is 8.68 Å². The number of rotatable bonds is 9. The van der Waals surface area contributed by atoms with E-state index in [-0.39, 0.29) is 17.6 Å². The molecule has 8 nitrogen and oxygen atoms in total. The average Bonchev–Trinajstić information content (AvgIpc) is 3.57. The first-order chi connectivity index (χ1) is 18.4. The van der Waals surface area contributed by atoms with E-state index in [2.05, 4.69) is 31.0 Å². The van der Waals surface area contributed by atoms with Crippen molar-refractivity contribution in [2.75, 3.05) is 16.4 Å². The van der Waals surface area contributed by atoms with E-state index in [0.717, 1.165) is 20.7 Å². The summed E-state index contributed by atoms with van der Waals surface area (Å²) in [5, 5.41) is 25.4. The standard InChI is InChI=1S/C24H16Cl2N6O2S4/c25-17-9-8-13(10-18(17)26)11-35-23-31-29-21(37-23)27-19(33)12-36-24-32-30-22(38-24)28-20(34)16-7-3-5-14-4-1-2-6-15(14)16/h1-10H,11-12H2,(H,27,29,33)(H,28,30,34). The lowest BCUT2D eigenvalue weighted by Crippen LogP contribution is -2.13. The van der Waals surface area contributed by atoms with E-state index >= 15 is 0 Å². The Labute approximate surface area is 243 Å². The van der Waals surface area contributed by atoms with Gasteiger partial charge < -0.3 is 0 Å². The zero-order chi connectivity index (χ0) is 26.5. The van der Waals surface area contributed by atoms with E-state index in [4.69, 9.17) is 23.2 Å². The van der Waals surface area contributed by atoms with Gasteiger partial charge in [-0.15, -0.1) is 20.4 Å². The van der Waals surface area contributed by atoms with Crippen molar-refractivity contribution in [2.45, 2.75) is 14.4 Å². The summed E-state index contributed by atoms with van der Waals surface area (Å²) in [5.74, 6) is 0.239. The third-order valence-electron chi connectivity index (χ3n) is 4.99. The number of thioether (sulfide) groups is 2. The number of amides is 2. The van der Waals surface area contributed by atoms with E-state index in [0.29, 0.717) is 36.0 Å². The van der Waals surface area contributed by atoms with Crippen molar-refractivity contribution >= 4 is 102 Å². The fraction of sp³-hybridized carbons (Fsp3) is 0.0833. The van der Waals surface area contributed by atoms with Crippen LogP contribution in [-0.2, 0) is 10.5 Å². The second-order valence-electron chi connectivity index (χ2n) is 7.60. The van der Waals surface area contributed by atoms with Crippen LogP contribution in [-0.4, -0.2) is 38.0 Å². The molecule has 38 heavy (non-hydrogen) atoms. The Morgan fingerprint density at radius 1 is 0.789 bits per heavy atom. The summed E-state index contributed by atoms with van der Waals surface area (Å²) in [4.78, 5) is 25.2. The second kappa shape index (κ2) is 12.4. The van der Waals surface area contributed by atoms with Crippen LogP contribution in [0.4, 0.5) is 10.3 Å². The number of hydrogen-bond acceptors (Lipinski definition) is 10. The molecule has 0 saturated heterocycles. The molecule has 2 heterocycles. The maximum atomic E-state index is 12.8. The Morgan fingerprint density at radius 3 is 2.29 bits per heavy atom. The molecule has 0 fully saturated rings. The third-order valence-corrected chi connectivity index (χ3v) is 9.74. The minimum absolute atomic E-state index is 0.108. The summed E-state index contributed by atoms with van der Waals surface area (Å²) in [5.41, 5.74) is 1.56. The van der Waals surface area contributed by atoms with Gasteiger partial charge >= 0.3 is 0 Å². The predicted molar refractivity (Wildman–Crippen MR) is 157 cm³/mol. The van der Waals surface area contributed by atoms with E-state index in [9.17, 15) is 9.59 Å². The molecule has 0 radical (unpaired) electrons. The summed E-state index contributed by atoms with van der Waals surface area (Å²) in [6.07, 6.45) is 0. The zero-order valence-corrected chi connectivity index (χ0v) is 24.0. The first-order valence-electron chi connectivity index (χ1n) is 10.9. The topological polar surface area (TPSA) is 110 Å². The number of anilines is 2. The van der Waals surface area contributed by atoms with Crippen LogP contribution in [0.25, 0.3) is 10.8 Å². The van der Waals surface area contributed by atoms with Crippen LogP contribution in [0.2, 0.25) is 10.0 Å². The molecule has 0 unspecified atom stereocenters. The van der Waals surface area contributed by atoms with Gasteiger partial charge in [-0.25, -0.2) is 0 Å². The van der Waals surface area contributed by atoms with Crippen LogP contribution < -0.4 is 10.6 Å². The molecule has 5 rings (SSSR count). The van der Waals surface area contributed by atoms with Crippen molar-refractivity contribution in [1.82, 2.24) is 20.4 Å². The number of hydrogen-bond donors (Lipinski definition) is 2. The highest BCUT2D eigenvalue weighted by atomic mass is 35.5. The Kier molecular flexibility index (Phi) is 8.77. The molecule has 0 aliphatic rings. The van der Waals surface area contributed by atoms with Gasteiger partial charge in [-0.1, -0.05) is 112 Å². The fourth-order valence-electron chi connectivity index (χ4n) is 3.28. The summed E-state index contributed by atoms with van der Waals surface area (Å²) >= 11 is 17.2. The molecular weight excluding hydrogens is 603 g/mol. The van der Waals surface area contributed by atoms with Gasteiger partial charge in [0.2, 0.25) is 16.2 Å². The number of fused-ring (bicyclic) bond motifs is 1. The van der Waals surface area contributed by atoms with Crippen molar-refractivity contribution < 1.29 is 9.59 Å². The first kappa shape index (κ1) is 26.9. The molecular formula is C24H16Cl2N6O2S4. The molecule has 5 aromatic rings. The maximum absolute atomic E-state index is 12.8. The van der Waals surface area contributed by atoms with Crippen molar-refractivity contribution in [3.63, 3.8) is 0 Å². The van der Waals surface area contributed by atoms with Gasteiger partial charge in [0.25, 0.3) is 5.91 Å². The molecule has 0 saturated carbocycles. The Balaban J connectivity index is 1.10. The highest BCUT2D eigenvalue weighted by Gasteiger charge is 2.15. The summed E-state index contributed by atoms with van der Waals surface area (Å²) in [6.45, 7) is 0. The molecule has 0 atom stereocenters. The molecule has 2 amide bonds. The normalized spacial score (nSPS) is 11.0. The number of halogens is 2. The van der Waals surface area contributed by atoms with Gasteiger partial charge in [0.1, 0.15) is 0 Å². The monoisotopic (exact) mass is 618 g/mol. The first-order valence-corrected chi connectivity index (χ1v) is 15.3. The maximum Gasteiger partial charge on any atom is 0.258 e. The molecule has 0 aliphatic carbocycles. The number of carbonyl (C=O) groups excluding carboxylic acids is 2. The molecule has 0 aliphatic heterocycles. The van der Waals surface area contributed by atoms with E-state index < -0.39 is 0 Å². The van der Waals surface area contributed by atoms with Crippen molar-refractivity contribution in [3.8, 4) is 0 Å². The molecule has 2 aromatic heterocycles. The van der Waals surface area contributed by atoms with E-state index in [1.807, 2.05) is 48.5 Å². The third kappa shape index (κ3) is 6.82. The summed E-state index contributed by atoms with van der Waals surface area (Å²) in [7, 11) is 0. The van der Waals surface area contributed by atoms with E-state index in [1.54, 1.807) is 12.1 Å². The Hall–Kier alpha value is -2.74. The summed E-state index contributed by atoms with van der Waals surface area (Å²) in [6, 6.07) is 18.7. The van der Waals surface area contributed by atoms with Crippen LogP contribution in [0.5, 0.6) is 0 Å². The number of carbonyl (C=O) groups is 2. The Morgan fingerprint density at radius 2 is 1.50 bits per heavy atom. The highest BCUT2D eigenvalue weighted by Crippen LogP contribution is 2.31. The van der Waals surface area contributed by atoms with Gasteiger partial charge in [-0.2, -0.15) is 0 Å². The Bertz CT molecular complexity index is 1620. The molecule has 3 aromatic carbocycles. The van der Waals surface area contributed by atoms with Crippen molar-refractivity contribution in [3.05, 3.63) is 81.8 Å². The molecule has 0 bridgehead atoms. The van der Waals surface area contributed by atoms with E-state index in [1.165, 1.54) is 46.2 Å². The molecule has 14 heteroatoms. The lowest BCUT2D eigenvalue weighted by Gasteiger charge is -2.05.